The number of aromatic nitrogens is 3. The Bertz CT molecular complexity index is 1090. The number of hydrogen-bond acceptors (Lipinski definition) is 4. The zero-order valence-electron chi connectivity index (χ0n) is 17.4. The number of ether oxygens (including phenoxy) is 1. The van der Waals surface area contributed by atoms with E-state index in [1.54, 1.807) is 6.20 Å². The SMILES string of the molecule is Cc1nn(-c2ccccc2)c(C)c1CNCc1ccccc1OCc1ccccn1. The monoisotopic (exact) mass is 398 g/mol. The standard InChI is InChI=1S/C25H26N4O/c1-19-24(20(2)29(28-19)23-12-4-3-5-13-23)17-26-16-21-10-6-7-14-25(21)30-18-22-11-8-9-15-27-22/h3-15,26H,16-18H2,1-2H3. The zero-order valence-corrected chi connectivity index (χ0v) is 17.4. The van der Waals surface area contributed by atoms with Crippen molar-refractivity contribution in [2.45, 2.75) is 33.5 Å². The van der Waals surface area contributed by atoms with Crippen molar-refractivity contribution < 1.29 is 4.74 Å². The third kappa shape index (κ3) is 4.58. The Balaban J connectivity index is 1.41. The average Bonchev–Trinajstić information content (AvgIpc) is 3.08. The summed E-state index contributed by atoms with van der Waals surface area (Å²) in [6.45, 7) is 6.11. The maximum Gasteiger partial charge on any atom is 0.130 e. The third-order valence-corrected chi connectivity index (χ3v) is 5.13. The molecule has 4 rings (SSSR count). The second-order valence-corrected chi connectivity index (χ2v) is 7.22. The van der Waals surface area contributed by atoms with E-state index in [4.69, 9.17) is 9.84 Å². The number of para-hydroxylation sites is 2. The Labute approximate surface area is 177 Å². The predicted octanol–water partition coefficient (Wildman–Crippen LogP) is 4.75. The maximum atomic E-state index is 6.02. The Morgan fingerprint density at radius 1 is 0.867 bits per heavy atom. The largest absolute Gasteiger partial charge is 0.487 e. The quantitative estimate of drug-likeness (QED) is 0.465. The summed E-state index contributed by atoms with van der Waals surface area (Å²) in [5.74, 6) is 0.879. The van der Waals surface area contributed by atoms with E-state index >= 15 is 0 Å². The van der Waals surface area contributed by atoms with Crippen molar-refractivity contribution in [3.63, 3.8) is 0 Å². The van der Waals surface area contributed by atoms with Gasteiger partial charge in [-0.2, -0.15) is 5.10 Å². The van der Waals surface area contributed by atoms with Crippen LogP contribution >= 0.6 is 0 Å². The number of benzene rings is 2. The van der Waals surface area contributed by atoms with Gasteiger partial charge in [-0.05, 0) is 44.2 Å². The normalized spacial score (nSPS) is 10.9. The molecule has 0 saturated heterocycles. The lowest BCUT2D eigenvalue weighted by molar-refractivity contribution is 0.297. The lowest BCUT2D eigenvalue weighted by atomic mass is 10.1. The molecule has 0 radical (unpaired) electrons. The maximum absolute atomic E-state index is 6.02. The highest BCUT2D eigenvalue weighted by molar-refractivity contribution is 5.37. The van der Waals surface area contributed by atoms with Crippen LogP contribution in [0.2, 0.25) is 0 Å². The van der Waals surface area contributed by atoms with Crippen molar-refractivity contribution in [1.29, 1.82) is 0 Å². The van der Waals surface area contributed by atoms with E-state index in [9.17, 15) is 0 Å². The van der Waals surface area contributed by atoms with Gasteiger partial charge in [0.25, 0.3) is 0 Å². The van der Waals surface area contributed by atoms with Crippen LogP contribution in [0.15, 0.2) is 79.0 Å². The first-order valence-corrected chi connectivity index (χ1v) is 10.1. The summed E-state index contributed by atoms with van der Waals surface area (Å²) in [6.07, 6.45) is 1.78. The fraction of sp³-hybridized carbons (Fsp3) is 0.200. The van der Waals surface area contributed by atoms with Crippen molar-refractivity contribution in [1.82, 2.24) is 20.1 Å². The van der Waals surface area contributed by atoms with Gasteiger partial charge < -0.3 is 10.1 Å². The summed E-state index contributed by atoms with van der Waals surface area (Å²) in [4.78, 5) is 4.32. The molecule has 0 atom stereocenters. The van der Waals surface area contributed by atoms with Gasteiger partial charge in [0.1, 0.15) is 12.4 Å². The van der Waals surface area contributed by atoms with E-state index in [0.717, 1.165) is 40.6 Å². The zero-order chi connectivity index (χ0) is 20.8. The van der Waals surface area contributed by atoms with Crippen LogP contribution in [-0.4, -0.2) is 14.8 Å². The van der Waals surface area contributed by atoms with Gasteiger partial charge >= 0.3 is 0 Å². The molecular weight excluding hydrogens is 372 g/mol. The first-order chi connectivity index (χ1) is 14.7. The van der Waals surface area contributed by atoms with Gasteiger partial charge in [-0.1, -0.05) is 42.5 Å². The van der Waals surface area contributed by atoms with Crippen LogP contribution in [0.5, 0.6) is 5.75 Å². The molecule has 1 N–H and O–H groups in total. The van der Waals surface area contributed by atoms with Crippen molar-refractivity contribution >= 4 is 0 Å². The molecule has 0 bridgehead atoms. The molecule has 0 aliphatic heterocycles. The smallest absolute Gasteiger partial charge is 0.130 e. The number of pyridine rings is 1. The Morgan fingerprint density at radius 3 is 2.43 bits per heavy atom. The average molecular weight is 399 g/mol. The Kier molecular flexibility index (Phi) is 6.20. The topological polar surface area (TPSA) is 52.0 Å². The van der Waals surface area contributed by atoms with Gasteiger partial charge in [-0.3, -0.25) is 4.98 Å². The molecule has 0 aliphatic rings. The van der Waals surface area contributed by atoms with Crippen LogP contribution in [0.3, 0.4) is 0 Å². The molecule has 0 amide bonds. The molecule has 4 aromatic rings. The van der Waals surface area contributed by atoms with Crippen LogP contribution in [0.4, 0.5) is 0 Å². The van der Waals surface area contributed by atoms with Crippen molar-refractivity contribution in [2.24, 2.45) is 0 Å². The summed E-state index contributed by atoms with van der Waals surface area (Å²) in [7, 11) is 0. The lowest BCUT2D eigenvalue weighted by Crippen LogP contribution is -2.15. The Morgan fingerprint density at radius 2 is 1.63 bits per heavy atom. The van der Waals surface area contributed by atoms with E-state index in [-0.39, 0.29) is 0 Å². The molecular formula is C25H26N4O. The van der Waals surface area contributed by atoms with E-state index in [0.29, 0.717) is 13.2 Å². The Hall–Kier alpha value is -3.44. The number of rotatable bonds is 8. The van der Waals surface area contributed by atoms with Gasteiger partial charge in [0, 0.05) is 36.1 Å². The molecule has 0 unspecified atom stereocenters. The number of aryl methyl sites for hydroxylation is 1. The van der Waals surface area contributed by atoms with Crippen molar-refractivity contribution in [3.05, 3.63) is 107 Å². The highest BCUT2D eigenvalue weighted by atomic mass is 16.5. The number of hydrogen-bond donors (Lipinski definition) is 1. The molecule has 0 spiro atoms. The van der Waals surface area contributed by atoms with Gasteiger partial charge in [0.2, 0.25) is 0 Å². The first-order valence-electron chi connectivity index (χ1n) is 10.1. The fourth-order valence-electron chi connectivity index (χ4n) is 3.50. The molecule has 0 fully saturated rings. The van der Waals surface area contributed by atoms with E-state index in [2.05, 4.69) is 42.3 Å². The van der Waals surface area contributed by atoms with Gasteiger partial charge in [-0.25, -0.2) is 4.68 Å². The summed E-state index contributed by atoms with van der Waals surface area (Å²) >= 11 is 0. The second kappa shape index (κ2) is 9.37. The molecule has 0 saturated carbocycles. The molecule has 152 valence electrons. The molecule has 2 aromatic heterocycles. The summed E-state index contributed by atoms with van der Waals surface area (Å²) in [6, 6.07) is 24.2. The summed E-state index contributed by atoms with van der Waals surface area (Å²) < 4.78 is 8.03. The van der Waals surface area contributed by atoms with Crippen LogP contribution in [0.1, 0.15) is 28.2 Å². The summed E-state index contributed by atoms with van der Waals surface area (Å²) in [5.41, 5.74) is 6.55. The van der Waals surface area contributed by atoms with Gasteiger partial charge in [-0.15, -0.1) is 0 Å². The number of nitrogens with zero attached hydrogens (tertiary/aromatic N) is 3. The highest BCUT2D eigenvalue weighted by Gasteiger charge is 2.13. The predicted molar refractivity (Wildman–Crippen MR) is 119 cm³/mol. The van der Waals surface area contributed by atoms with Gasteiger partial charge in [0.15, 0.2) is 0 Å². The minimum absolute atomic E-state index is 0.458. The minimum atomic E-state index is 0.458. The van der Waals surface area contributed by atoms with Crippen LogP contribution in [0, 0.1) is 13.8 Å². The molecule has 0 aliphatic carbocycles. The molecule has 30 heavy (non-hydrogen) atoms. The second-order valence-electron chi connectivity index (χ2n) is 7.22. The highest BCUT2D eigenvalue weighted by Crippen LogP contribution is 2.21. The van der Waals surface area contributed by atoms with Crippen molar-refractivity contribution in [3.8, 4) is 11.4 Å². The van der Waals surface area contributed by atoms with E-state index in [1.807, 2.05) is 59.3 Å². The molecule has 5 heteroatoms. The summed E-state index contributed by atoms with van der Waals surface area (Å²) in [5, 5.41) is 8.29. The third-order valence-electron chi connectivity index (χ3n) is 5.13. The number of nitrogens with one attached hydrogen (secondary N) is 1. The first kappa shape index (κ1) is 19.9. The van der Waals surface area contributed by atoms with E-state index < -0.39 is 0 Å². The van der Waals surface area contributed by atoms with Gasteiger partial charge in [0.05, 0.1) is 17.1 Å². The molecule has 2 heterocycles. The van der Waals surface area contributed by atoms with Crippen LogP contribution in [0.25, 0.3) is 5.69 Å². The molecule has 5 nitrogen and oxygen atoms in total. The lowest BCUT2D eigenvalue weighted by Gasteiger charge is -2.12. The van der Waals surface area contributed by atoms with Crippen molar-refractivity contribution in [2.75, 3.05) is 0 Å². The molecule has 2 aromatic carbocycles. The van der Waals surface area contributed by atoms with Crippen LogP contribution < -0.4 is 10.1 Å². The minimum Gasteiger partial charge on any atom is -0.487 e. The fourth-order valence-corrected chi connectivity index (χ4v) is 3.50. The van der Waals surface area contributed by atoms with Crippen LogP contribution in [-0.2, 0) is 19.7 Å². The van der Waals surface area contributed by atoms with E-state index in [1.165, 1.54) is 5.56 Å².